The van der Waals surface area contributed by atoms with Gasteiger partial charge in [-0.05, 0) is 31.8 Å². The highest BCUT2D eigenvalue weighted by Crippen LogP contribution is 2.15. The van der Waals surface area contributed by atoms with Crippen molar-refractivity contribution in [2.75, 3.05) is 19.3 Å². The van der Waals surface area contributed by atoms with E-state index in [0.717, 1.165) is 32.2 Å². The van der Waals surface area contributed by atoms with E-state index in [1.807, 2.05) is 4.72 Å². The Morgan fingerprint density at radius 3 is 2.50 bits per heavy atom. The number of sulfonamides is 1. The second kappa shape index (κ2) is 4.75. The van der Waals surface area contributed by atoms with Gasteiger partial charge in [0, 0.05) is 6.42 Å². The highest BCUT2D eigenvalue weighted by molar-refractivity contribution is 7.89. The molecule has 0 unspecified atom stereocenters. The number of carbonyl (C=O) groups is 1. The van der Waals surface area contributed by atoms with E-state index in [1.54, 1.807) is 0 Å². The lowest BCUT2D eigenvalue weighted by Gasteiger charge is -2.21. The van der Waals surface area contributed by atoms with Gasteiger partial charge in [-0.1, -0.05) is 0 Å². The third kappa shape index (κ3) is 4.57. The van der Waals surface area contributed by atoms with E-state index in [-0.39, 0.29) is 5.91 Å². The fraction of sp³-hybridized carbons (Fsp3) is 0.875. The molecule has 0 spiro atoms. The van der Waals surface area contributed by atoms with Gasteiger partial charge in [0.05, 0.1) is 6.26 Å². The van der Waals surface area contributed by atoms with Crippen molar-refractivity contribution in [3.8, 4) is 0 Å². The van der Waals surface area contributed by atoms with E-state index in [0.29, 0.717) is 12.3 Å². The highest BCUT2D eigenvalue weighted by atomic mass is 32.2. The maximum atomic E-state index is 11.2. The fourth-order valence-electron chi connectivity index (χ4n) is 1.60. The number of hydrogen-bond acceptors (Lipinski definition) is 4. The zero-order valence-electron chi connectivity index (χ0n) is 8.25. The molecule has 0 saturated carbocycles. The summed E-state index contributed by atoms with van der Waals surface area (Å²) in [4.78, 5) is 11.2. The molecular weight excluding hydrogens is 204 g/mol. The van der Waals surface area contributed by atoms with Crippen molar-refractivity contribution in [1.82, 2.24) is 10.0 Å². The standard InChI is InChI=1S/C8H16N2O3S/c1-14(12,13)10-8(11)6-7-2-4-9-5-3-7/h7,9H,2-6H2,1H3,(H,10,11). The lowest BCUT2D eigenvalue weighted by molar-refractivity contribution is -0.120. The number of nitrogens with one attached hydrogen (secondary N) is 2. The molecule has 0 radical (unpaired) electrons. The van der Waals surface area contributed by atoms with Gasteiger partial charge in [0.2, 0.25) is 15.9 Å². The summed E-state index contributed by atoms with van der Waals surface area (Å²) >= 11 is 0. The molecule has 1 aliphatic rings. The van der Waals surface area contributed by atoms with Gasteiger partial charge < -0.3 is 5.32 Å². The summed E-state index contributed by atoms with van der Waals surface area (Å²) in [7, 11) is -3.39. The molecule has 82 valence electrons. The van der Waals surface area contributed by atoms with Crippen molar-refractivity contribution in [3.05, 3.63) is 0 Å². The third-order valence-corrected chi connectivity index (χ3v) is 2.83. The minimum atomic E-state index is -3.39. The van der Waals surface area contributed by atoms with E-state index < -0.39 is 10.0 Å². The number of piperidine rings is 1. The van der Waals surface area contributed by atoms with Crippen molar-refractivity contribution < 1.29 is 13.2 Å². The van der Waals surface area contributed by atoms with Gasteiger partial charge in [0.15, 0.2) is 0 Å². The van der Waals surface area contributed by atoms with Crippen LogP contribution in [0.3, 0.4) is 0 Å². The van der Waals surface area contributed by atoms with Crippen LogP contribution in [0, 0.1) is 5.92 Å². The number of rotatable bonds is 3. The molecule has 0 aromatic rings. The summed E-state index contributed by atoms with van der Waals surface area (Å²) in [5, 5.41) is 3.19. The van der Waals surface area contributed by atoms with Gasteiger partial charge in [0.25, 0.3) is 0 Å². The number of hydrogen-bond donors (Lipinski definition) is 2. The van der Waals surface area contributed by atoms with Crippen LogP contribution in [0.2, 0.25) is 0 Å². The molecule has 0 bridgehead atoms. The smallest absolute Gasteiger partial charge is 0.233 e. The van der Waals surface area contributed by atoms with Crippen LogP contribution in [-0.2, 0) is 14.8 Å². The van der Waals surface area contributed by atoms with Gasteiger partial charge in [-0.2, -0.15) is 0 Å². The first kappa shape index (κ1) is 11.5. The fourth-order valence-corrected chi connectivity index (χ4v) is 2.09. The molecule has 1 fully saturated rings. The molecular formula is C8H16N2O3S. The third-order valence-electron chi connectivity index (χ3n) is 2.23. The molecule has 6 heteroatoms. The molecule has 1 amide bonds. The van der Waals surface area contributed by atoms with Crippen molar-refractivity contribution in [2.24, 2.45) is 5.92 Å². The van der Waals surface area contributed by atoms with Crippen molar-refractivity contribution in [3.63, 3.8) is 0 Å². The minimum Gasteiger partial charge on any atom is -0.317 e. The van der Waals surface area contributed by atoms with E-state index in [4.69, 9.17) is 0 Å². The first-order valence-corrected chi connectivity index (χ1v) is 6.58. The Morgan fingerprint density at radius 1 is 1.43 bits per heavy atom. The summed E-state index contributed by atoms with van der Waals surface area (Å²) in [5.41, 5.74) is 0. The monoisotopic (exact) mass is 220 g/mol. The van der Waals surface area contributed by atoms with Crippen LogP contribution in [0.25, 0.3) is 0 Å². The molecule has 2 N–H and O–H groups in total. The largest absolute Gasteiger partial charge is 0.317 e. The van der Waals surface area contributed by atoms with Crippen molar-refractivity contribution in [1.29, 1.82) is 0 Å². The summed E-state index contributed by atoms with van der Waals surface area (Å²) in [6, 6.07) is 0. The van der Waals surface area contributed by atoms with Gasteiger partial charge >= 0.3 is 0 Å². The highest BCUT2D eigenvalue weighted by Gasteiger charge is 2.18. The average Bonchev–Trinajstić information content (AvgIpc) is 2.02. The molecule has 0 aliphatic carbocycles. The molecule has 0 aromatic heterocycles. The Morgan fingerprint density at radius 2 is 2.00 bits per heavy atom. The molecule has 1 aliphatic heterocycles. The average molecular weight is 220 g/mol. The van der Waals surface area contributed by atoms with Crippen molar-refractivity contribution >= 4 is 15.9 Å². The molecule has 0 atom stereocenters. The first-order valence-electron chi connectivity index (χ1n) is 4.69. The van der Waals surface area contributed by atoms with Crippen LogP contribution < -0.4 is 10.0 Å². The quantitative estimate of drug-likeness (QED) is 0.669. The maximum Gasteiger partial charge on any atom is 0.233 e. The predicted octanol–water partition coefficient (Wildman–Crippen LogP) is -0.548. The topological polar surface area (TPSA) is 75.3 Å². The SMILES string of the molecule is CS(=O)(=O)NC(=O)CC1CCNCC1. The van der Waals surface area contributed by atoms with Gasteiger partial charge in [-0.15, -0.1) is 0 Å². The Balaban J connectivity index is 2.32. The zero-order valence-corrected chi connectivity index (χ0v) is 9.06. The number of amides is 1. The Hall–Kier alpha value is -0.620. The van der Waals surface area contributed by atoms with Crippen LogP contribution in [-0.4, -0.2) is 33.7 Å². The molecule has 0 aromatic carbocycles. The number of carbonyl (C=O) groups excluding carboxylic acids is 1. The molecule has 1 rings (SSSR count). The van der Waals surface area contributed by atoms with Gasteiger partial charge in [0.1, 0.15) is 0 Å². The van der Waals surface area contributed by atoms with Gasteiger partial charge in [-0.25, -0.2) is 8.42 Å². The second-order valence-corrected chi connectivity index (χ2v) is 5.44. The minimum absolute atomic E-state index is 0.314. The van der Waals surface area contributed by atoms with Crippen LogP contribution in [0.1, 0.15) is 19.3 Å². The Kier molecular flexibility index (Phi) is 3.88. The second-order valence-electron chi connectivity index (χ2n) is 3.69. The van der Waals surface area contributed by atoms with Crippen molar-refractivity contribution in [2.45, 2.75) is 19.3 Å². The van der Waals surface area contributed by atoms with Crippen LogP contribution in [0.4, 0.5) is 0 Å². The molecule has 1 saturated heterocycles. The summed E-state index contributed by atoms with van der Waals surface area (Å²) in [6.07, 6.45) is 3.19. The molecule has 1 heterocycles. The van der Waals surface area contributed by atoms with Crippen LogP contribution in [0.5, 0.6) is 0 Å². The van der Waals surface area contributed by atoms with E-state index >= 15 is 0 Å². The summed E-state index contributed by atoms with van der Waals surface area (Å²) in [6.45, 7) is 1.83. The lowest BCUT2D eigenvalue weighted by Crippen LogP contribution is -2.34. The first-order chi connectivity index (χ1) is 6.47. The maximum absolute atomic E-state index is 11.2. The van der Waals surface area contributed by atoms with Gasteiger partial charge in [-0.3, -0.25) is 9.52 Å². The Labute approximate surface area is 84.3 Å². The van der Waals surface area contributed by atoms with E-state index in [2.05, 4.69) is 5.32 Å². The van der Waals surface area contributed by atoms with E-state index in [1.165, 1.54) is 0 Å². The van der Waals surface area contributed by atoms with E-state index in [9.17, 15) is 13.2 Å². The predicted molar refractivity (Wildman–Crippen MR) is 53.2 cm³/mol. The zero-order chi connectivity index (χ0) is 10.6. The summed E-state index contributed by atoms with van der Waals surface area (Å²) < 4.78 is 23.5. The lowest BCUT2D eigenvalue weighted by atomic mass is 9.94. The van der Waals surface area contributed by atoms with Crippen LogP contribution in [0.15, 0.2) is 0 Å². The molecule has 5 nitrogen and oxygen atoms in total. The Bertz CT molecular complexity index is 294. The van der Waals surface area contributed by atoms with Crippen LogP contribution >= 0.6 is 0 Å². The molecule has 14 heavy (non-hydrogen) atoms. The normalized spacial score (nSPS) is 19.2. The summed E-state index contributed by atoms with van der Waals surface area (Å²) in [5.74, 6) is -0.0719.